The first kappa shape index (κ1) is 12.0. The molecular formula is C14H9N3O3. The summed E-state index contributed by atoms with van der Waals surface area (Å²) in [4.78, 5) is 28.9. The van der Waals surface area contributed by atoms with Gasteiger partial charge in [-0.25, -0.2) is 4.98 Å². The average molecular weight is 267 g/mol. The number of fused-ring (bicyclic) bond motifs is 1. The smallest absolute Gasteiger partial charge is 0.280 e. The molecule has 0 aliphatic carbocycles. The van der Waals surface area contributed by atoms with Gasteiger partial charge in [-0.2, -0.15) is 0 Å². The van der Waals surface area contributed by atoms with Crippen LogP contribution in [0.2, 0.25) is 0 Å². The first-order chi connectivity index (χ1) is 9.70. The molecule has 98 valence electrons. The molecule has 0 saturated carbocycles. The van der Waals surface area contributed by atoms with Gasteiger partial charge in [-0.05, 0) is 18.2 Å². The molecular weight excluding hydrogens is 258 g/mol. The summed E-state index contributed by atoms with van der Waals surface area (Å²) in [6, 6.07) is 11.5. The third-order valence-corrected chi connectivity index (χ3v) is 3.03. The molecule has 0 aliphatic rings. The van der Waals surface area contributed by atoms with Crippen molar-refractivity contribution in [2.24, 2.45) is 0 Å². The number of nitro benzene ring substituents is 1. The van der Waals surface area contributed by atoms with E-state index in [1.54, 1.807) is 36.4 Å². The summed E-state index contributed by atoms with van der Waals surface area (Å²) in [7, 11) is 0. The fraction of sp³-hybridized carbons (Fsp3) is 0. The van der Waals surface area contributed by atoms with Gasteiger partial charge in [0.1, 0.15) is 5.82 Å². The summed E-state index contributed by atoms with van der Waals surface area (Å²) in [5.74, 6) is 0.376. The lowest BCUT2D eigenvalue weighted by molar-refractivity contribution is -0.384. The highest BCUT2D eigenvalue weighted by molar-refractivity contribution is 5.95. The highest BCUT2D eigenvalue weighted by Gasteiger charge is 2.17. The van der Waals surface area contributed by atoms with Crippen molar-refractivity contribution < 1.29 is 9.72 Å². The number of benzene rings is 2. The molecule has 3 rings (SSSR count). The van der Waals surface area contributed by atoms with Gasteiger partial charge in [0.05, 0.1) is 21.5 Å². The Bertz CT molecular complexity index is 823. The van der Waals surface area contributed by atoms with E-state index in [0.717, 1.165) is 0 Å². The van der Waals surface area contributed by atoms with Gasteiger partial charge >= 0.3 is 0 Å². The Labute approximate surface area is 113 Å². The van der Waals surface area contributed by atoms with Crippen LogP contribution >= 0.6 is 0 Å². The highest BCUT2D eigenvalue weighted by atomic mass is 16.6. The number of carbonyl (C=O) groups excluding carboxylic acids is 1. The van der Waals surface area contributed by atoms with Gasteiger partial charge in [-0.1, -0.05) is 18.2 Å². The summed E-state index contributed by atoms with van der Waals surface area (Å²) in [5.41, 5.74) is 1.99. The monoisotopic (exact) mass is 267 g/mol. The summed E-state index contributed by atoms with van der Waals surface area (Å²) >= 11 is 0. The molecule has 0 saturated heterocycles. The highest BCUT2D eigenvalue weighted by Crippen LogP contribution is 2.29. The van der Waals surface area contributed by atoms with Gasteiger partial charge in [0, 0.05) is 11.6 Å². The molecule has 0 spiro atoms. The number of hydrogen-bond donors (Lipinski definition) is 1. The average Bonchev–Trinajstić information content (AvgIpc) is 2.90. The fourth-order valence-electron chi connectivity index (χ4n) is 2.11. The summed E-state index contributed by atoms with van der Waals surface area (Å²) in [6.07, 6.45) is 0.715. The van der Waals surface area contributed by atoms with Gasteiger partial charge in [0.25, 0.3) is 5.69 Å². The van der Waals surface area contributed by atoms with Crippen LogP contribution in [0.25, 0.3) is 22.4 Å². The van der Waals surface area contributed by atoms with Gasteiger partial charge < -0.3 is 4.98 Å². The number of nitrogens with zero attached hydrogens (tertiary/aromatic N) is 2. The van der Waals surface area contributed by atoms with Crippen LogP contribution < -0.4 is 0 Å². The van der Waals surface area contributed by atoms with E-state index in [9.17, 15) is 14.9 Å². The van der Waals surface area contributed by atoms with Crippen LogP contribution in [-0.4, -0.2) is 21.2 Å². The number of aldehydes is 1. The largest absolute Gasteiger partial charge is 0.338 e. The number of H-pyrrole nitrogens is 1. The van der Waals surface area contributed by atoms with E-state index >= 15 is 0 Å². The Morgan fingerprint density at radius 1 is 1.15 bits per heavy atom. The summed E-state index contributed by atoms with van der Waals surface area (Å²) in [5, 5.41) is 11.0. The van der Waals surface area contributed by atoms with Crippen molar-refractivity contribution in [1.82, 2.24) is 9.97 Å². The number of rotatable bonds is 3. The molecule has 6 heteroatoms. The zero-order chi connectivity index (χ0) is 14.1. The number of aromatic nitrogens is 2. The molecule has 0 radical (unpaired) electrons. The number of aromatic amines is 1. The lowest BCUT2D eigenvalue weighted by Gasteiger charge is -1.98. The minimum Gasteiger partial charge on any atom is -0.338 e. The third-order valence-electron chi connectivity index (χ3n) is 3.03. The van der Waals surface area contributed by atoms with Crippen molar-refractivity contribution in [3.05, 3.63) is 58.1 Å². The predicted octanol–water partition coefficient (Wildman–Crippen LogP) is 2.95. The number of carbonyl (C=O) groups is 1. The maximum absolute atomic E-state index is 11.0. The predicted molar refractivity (Wildman–Crippen MR) is 73.6 cm³/mol. The normalized spacial score (nSPS) is 10.6. The standard InChI is InChI=1S/C14H9N3O3/c18-8-9-4-3-6-11-13(9)16-14(15-11)10-5-1-2-7-12(10)17(19)20/h1-8H,(H,15,16). The van der Waals surface area contributed by atoms with Crippen molar-refractivity contribution >= 4 is 23.0 Å². The topological polar surface area (TPSA) is 88.9 Å². The van der Waals surface area contributed by atoms with Crippen molar-refractivity contribution in [2.75, 3.05) is 0 Å². The zero-order valence-corrected chi connectivity index (χ0v) is 10.2. The fourth-order valence-corrected chi connectivity index (χ4v) is 2.11. The van der Waals surface area contributed by atoms with Crippen molar-refractivity contribution in [1.29, 1.82) is 0 Å². The molecule has 0 bridgehead atoms. The van der Waals surface area contributed by atoms with E-state index in [-0.39, 0.29) is 5.69 Å². The minimum atomic E-state index is -0.455. The Balaban J connectivity index is 2.26. The lowest BCUT2D eigenvalue weighted by Crippen LogP contribution is -1.92. The Kier molecular flexibility index (Phi) is 2.76. The van der Waals surface area contributed by atoms with E-state index in [4.69, 9.17) is 0 Å². The van der Waals surface area contributed by atoms with Gasteiger partial charge in [-0.15, -0.1) is 0 Å². The second-order valence-electron chi connectivity index (χ2n) is 4.22. The molecule has 0 aliphatic heterocycles. The maximum atomic E-state index is 11.0. The number of nitrogens with one attached hydrogen (secondary N) is 1. The van der Waals surface area contributed by atoms with E-state index < -0.39 is 4.92 Å². The Morgan fingerprint density at radius 3 is 2.70 bits per heavy atom. The van der Waals surface area contributed by atoms with Crippen molar-refractivity contribution in [3.63, 3.8) is 0 Å². The Hall–Kier alpha value is -3.02. The zero-order valence-electron chi connectivity index (χ0n) is 10.2. The number of imidazole rings is 1. The molecule has 0 fully saturated rings. The molecule has 1 aromatic heterocycles. The molecule has 0 unspecified atom stereocenters. The van der Waals surface area contributed by atoms with Crippen LogP contribution in [0, 0.1) is 10.1 Å². The molecule has 1 heterocycles. The first-order valence-corrected chi connectivity index (χ1v) is 5.88. The molecule has 1 N–H and O–H groups in total. The second-order valence-corrected chi connectivity index (χ2v) is 4.22. The molecule has 6 nitrogen and oxygen atoms in total. The van der Waals surface area contributed by atoms with Crippen LogP contribution in [0.3, 0.4) is 0 Å². The maximum Gasteiger partial charge on any atom is 0.280 e. The summed E-state index contributed by atoms with van der Waals surface area (Å²) in [6.45, 7) is 0. The SMILES string of the molecule is O=Cc1cccc2[nH]c(-c3ccccc3[N+](=O)[O-])nc12. The van der Waals surface area contributed by atoms with Crippen LogP contribution in [0.15, 0.2) is 42.5 Å². The number of para-hydroxylation sites is 2. The molecule has 0 atom stereocenters. The molecule has 2 aromatic carbocycles. The Morgan fingerprint density at radius 2 is 1.95 bits per heavy atom. The van der Waals surface area contributed by atoms with E-state index in [0.29, 0.717) is 34.3 Å². The minimum absolute atomic E-state index is 0.0285. The molecule has 3 aromatic rings. The van der Waals surface area contributed by atoms with E-state index in [1.807, 2.05) is 0 Å². The van der Waals surface area contributed by atoms with Crippen molar-refractivity contribution in [3.8, 4) is 11.4 Å². The second kappa shape index (κ2) is 4.58. The van der Waals surface area contributed by atoms with Crippen LogP contribution in [0.1, 0.15) is 10.4 Å². The quantitative estimate of drug-likeness (QED) is 0.449. The van der Waals surface area contributed by atoms with Crippen LogP contribution in [-0.2, 0) is 0 Å². The summed E-state index contributed by atoms with van der Waals surface area (Å²) < 4.78 is 0. The van der Waals surface area contributed by atoms with E-state index in [2.05, 4.69) is 9.97 Å². The van der Waals surface area contributed by atoms with Crippen LogP contribution in [0.5, 0.6) is 0 Å². The number of hydrogen-bond acceptors (Lipinski definition) is 4. The first-order valence-electron chi connectivity index (χ1n) is 5.88. The van der Waals surface area contributed by atoms with Crippen molar-refractivity contribution in [2.45, 2.75) is 0 Å². The van der Waals surface area contributed by atoms with Gasteiger partial charge in [0.15, 0.2) is 6.29 Å². The van der Waals surface area contributed by atoms with Crippen LogP contribution in [0.4, 0.5) is 5.69 Å². The molecule has 20 heavy (non-hydrogen) atoms. The van der Waals surface area contributed by atoms with Gasteiger partial charge in [-0.3, -0.25) is 14.9 Å². The molecule has 0 amide bonds. The number of nitro groups is 1. The van der Waals surface area contributed by atoms with E-state index in [1.165, 1.54) is 6.07 Å². The third kappa shape index (κ3) is 1.83. The lowest BCUT2D eigenvalue weighted by atomic mass is 10.2. The van der Waals surface area contributed by atoms with Gasteiger partial charge in [0.2, 0.25) is 0 Å².